The lowest BCUT2D eigenvalue weighted by molar-refractivity contribution is 0.0951. The number of hydrogen-bond acceptors (Lipinski definition) is 7. The van der Waals surface area contributed by atoms with Crippen LogP contribution in [-0.4, -0.2) is 30.8 Å². The standard InChI is InChI=1S/C20H20N6O3/c1-12-18-13(10-14(15-6-5-9-28-15)22-20(18)29-25-12)19(27)21-11-17-24-23-16-7-3-2-4-8-26(16)17/h5-6,9-10H,2-4,7-8,11H2,1H3,(H,21,27). The fraction of sp³-hybridized carbons (Fsp3) is 0.350. The minimum Gasteiger partial charge on any atom is -0.463 e. The number of carbonyl (C=O) groups is 1. The Labute approximate surface area is 166 Å². The molecule has 1 N–H and O–H groups in total. The number of nitrogens with zero attached hydrogens (tertiary/aromatic N) is 5. The molecule has 4 aromatic heterocycles. The fourth-order valence-electron chi connectivity index (χ4n) is 3.75. The molecule has 0 radical (unpaired) electrons. The molecule has 29 heavy (non-hydrogen) atoms. The lowest BCUT2D eigenvalue weighted by atomic mass is 10.1. The third kappa shape index (κ3) is 3.18. The van der Waals surface area contributed by atoms with Gasteiger partial charge >= 0.3 is 0 Å². The highest BCUT2D eigenvalue weighted by molar-refractivity contribution is 6.06. The normalized spacial score (nSPS) is 14.0. The first-order valence-electron chi connectivity index (χ1n) is 9.71. The van der Waals surface area contributed by atoms with Crippen LogP contribution in [0, 0.1) is 6.92 Å². The van der Waals surface area contributed by atoms with Gasteiger partial charge in [0.1, 0.15) is 11.5 Å². The van der Waals surface area contributed by atoms with Crippen LogP contribution in [0.15, 0.2) is 33.4 Å². The zero-order valence-electron chi connectivity index (χ0n) is 16.0. The van der Waals surface area contributed by atoms with Crippen molar-refractivity contribution in [1.29, 1.82) is 0 Å². The first-order chi connectivity index (χ1) is 14.2. The quantitative estimate of drug-likeness (QED) is 0.568. The summed E-state index contributed by atoms with van der Waals surface area (Å²) in [7, 11) is 0. The zero-order valence-corrected chi connectivity index (χ0v) is 16.0. The molecule has 0 aromatic carbocycles. The summed E-state index contributed by atoms with van der Waals surface area (Å²) in [4.78, 5) is 17.5. The van der Waals surface area contributed by atoms with Crippen molar-refractivity contribution in [3.05, 3.63) is 47.4 Å². The molecule has 5 rings (SSSR count). The Kier molecular flexibility index (Phi) is 4.34. The second-order valence-electron chi connectivity index (χ2n) is 7.16. The zero-order chi connectivity index (χ0) is 19.8. The molecule has 9 heteroatoms. The molecule has 4 aromatic rings. The van der Waals surface area contributed by atoms with Gasteiger partial charge in [-0.15, -0.1) is 10.2 Å². The molecule has 0 unspecified atom stereocenters. The second kappa shape index (κ2) is 7.16. The van der Waals surface area contributed by atoms with Crippen LogP contribution in [0.2, 0.25) is 0 Å². The smallest absolute Gasteiger partial charge is 0.259 e. The molecular weight excluding hydrogens is 372 g/mol. The number of pyridine rings is 1. The van der Waals surface area contributed by atoms with Crippen molar-refractivity contribution in [3.8, 4) is 11.5 Å². The highest BCUT2D eigenvalue weighted by Gasteiger charge is 2.21. The van der Waals surface area contributed by atoms with E-state index >= 15 is 0 Å². The molecular formula is C20H20N6O3. The van der Waals surface area contributed by atoms with Gasteiger partial charge in [0.25, 0.3) is 11.6 Å². The van der Waals surface area contributed by atoms with Crippen LogP contribution < -0.4 is 5.32 Å². The average molecular weight is 392 g/mol. The first kappa shape index (κ1) is 17.6. The number of aryl methyl sites for hydroxylation is 2. The van der Waals surface area contributed by atoms with Crippen molar-refractivity contribution >= 4 is 17.0 Å². The van der Waals surface area contributed by atoms with Gasteiger partial charge in [-0.1, -0.05) is 11.6 Å². The number of amides is 1. The molecule has 1 aliphatic heterocycles. The molecule has 0 saturated carbocycles. The van der Waals surface area contributed by atoms with Gasteiger partial charge in [-0.3, -0.25) is 4.79 Å². The second-order valence-corrected chi connectivity index (χ2v) is 7.16. The van der Waals surface area contributed by atoms with E-state index < -0.39 is 0 Å². The van der Waals surface area contributed by atoms with Crippen molar-refractivity contribution in [2.45, 2.75) is 45.7 Å². The molecule has 0 spiro atoms. The molecule has 5 heterocycles. The third-order valence-corrected chi connectivity index (χ3v) is 5.23. The van der Waals surface area contributed by atoms with Gasteiger partial charge < -0.3 is 18.8 Å². The van der Waals surface area contributed by atoms with Gasteiger partial charge in [-0.25, -0.2) is 4.98 Å². The summed E-state index contributed by atoms with van der Waals surface area (Å²) in [6, 6.07) is 5.25. The Morgan fingerprint density at radius 3 is 3.07 bits per heavy atom. The van der Waals surface area contributed by atoms with Crippen molar-refractivity contribution in [2.24, 2.45) is 0 Å². The highest BCUT2D eigenvalue weighted by atomic mass is 16.5. The summed E-state index contributed by atoms with van der Waals surface area (Å²) in [5.41, 5.74) is 1.87. The first-order valence-corrected chi connectivity index (χ1v) is 9.71. The molecule has 0 saturated heterocycles. The monoisotopic (exact) mass is 392 g/mol. The van der Waals surface area contributed by atoms with Crippen molar-refractivity contribution in [1.82, 2.24) is 30.2 Å². The maximum Gasteiger partial charge on any atom is 0.259 e. The van der Waals surface area contributed by atoms with Crippen LogP contribution >= 0.6 is 0 Å². The molecule has 148 valence electrons. The van der Waals surface area contributed by atoms with E-state index in [1.54, 1.807) is 31.4 Å². The van der Waals surface area contributed by atoms with E-state index in [0.29, 0.717) is 40.4 Å². The van der Waals surface area contributed by atoms with E-state index in [-0.39, 0.29) is 5.91 Å². The Morgan fingerprint density at radius 2 is 2.21 bits per heavy atom. The molecule has 0 aliphatic carbocycles. The fourth-order valence-corrected chi connectivity index (χ4v) is 3.75. The highest BCUT2D eigenvalue weighted by Crippen LogP contribution is 2.27. The lowest BCUT2D eigenvalue weighted by Crippen LogP contribution is -2.25. The van der Waals surface area contributed by atoms with Crippen molar-refractivity contribution < 1.29 is 13.7 Å². The van der Waals surface area contributed by atoms with Crippen LogP contribution in [0.5, 0.6) is 0 Å². The molecule has 1 aliphatic rings. The summed E-state index contributed by atoms with van der Waals surface area (Å²) >= 11 is 0. The van der Waals surface area contributed by atoms with E-state index in [2.05, 4.69) is 30.2 Å². The number of carbonyl (C=O) groups excluding carboxylic acids is 1. The molecule has 9 nitrogen and oxygen atoms in total. The van der Waals surface area contributed by atoms with Crippen LogP contribution in [-0.2, 0) is 19.5 Å². The van der Waals surface area contributed by atoms with Gasteiger partial charge in [0, 0.05) is 13.0 Å². The lowest BCUT2D eigenvalue weighted by Gasteiger charge is -2.09. The van der Waals surface area contributed by atoms with Crippen LogP contribution in [0.4, 0.5) is 0 Å². The van der Waals surface area contributed by atoms with E-state index in [4.69, 9.17) is 8.94 Å². The van der Waals surface area contributed by atoms with Gasteiger partial charge in [-0.2, -0.15) is 0 Å². The predicted octanol–water partition coefficient (Wildman–Crippen LogP) is 3.04. The summed E-state index contributed by atoms with van der Waals surface area (Å²) in [5.74, 6) is 2.07. The number of aromatic nitrogens is 5. The molecule has 0 bridgehead atoms. The van der Waals surface area contributed by atoms with Crippen LogP contribution in [0.25, 0.3) is 22.6 Å². The summed E-state index contributed by atoms with van der Waals surface area (Å²) in [6.07, 6.45) is 5.90. The third-order valence-electron chi connectivity index (χ3n) is 5.23. The Balaban J connectivity index is 1.45. The minimum absolute atomic E-state index is 0.248. The van der Waals surface area contributed by atoms with Crippen LogP contribution in [0.1, 0.15) is 47.0 Å². The van der Waals surface area contributed by atoms with E-state index in [0.717, 1.165) is 37.5 Å². The summed E-state index contributed by atoms with van der Waals surface area (Å²) in [6.45, 7) is 2.98. The van der Waals surface area contributed by atoms with Gasteiger partial charge in [0.2, 0.25) is 0 Å². The molecule has 0 atom stereocenters. The molecule has 1 amide bonds. The van der Waals surface area contributed by atoms with Gasteiger partial charge in [0.05, 0.1) is 29.5 Å². The van der Waals surface area contributed by atoms with Gasteiger partial charge in [-0.05, 0) is 38.0 Å². The van der Waals surface area contributed by atoms with Crippen molar-refractivity contribution in [3.63, 3.8) is 0 Å². The summed E-state index contributed by atoms with van der Waals surface area (Å²) < 4.78 is 12.9. The van der Waals surface area contributed by atoms with E-state index in [9.17, 15) is 4.79 Å². The topological polar surface area (TPSA) is 112 Å². The van der Waals surface area contributed by atoms with Crippen LogP contribution in [0.3, 0.4) is 0 Å². The average Bonchev–Trinajstić information content (AvgIpc) is 3.44. The maximum absolute atomic E-state index is 13.1. The number of hydrogen-bond donors (Lipinski definition) is 1. The Bertz CT molecular complexity index is 1170. The molecule has 0 fully saturated rings. The number of furan rings is 1. The predicted molar refractivity (Wildman–Crippen MR) is 103 cm³/mol. The maximum atomic E-state index is 13.1. The minimum atomic E-state index is -0.248. The number of fused-ring (bicyclic) bond motifs is 2. The largest absolute Gasteiger partial charge is 0.463 e. The number of nitrogens with one attached hydrogen (secondary N) is 1. The van der Waals surface area contributed by atoms with Gasteiger partial charge in [0.15, 0.2) is 11.6 Å². The van der Waals surface area contributed by atoms with E-state index in [1.165, 1.54) is 6.42 Å². The van der Waals surface area contributed by atoms with E-state index in [1.807, 2.05) is 0 Å². The SMILES string of the molecule is Cc1noc2nc(-c3ccco3)cc(C(=O)NCc3nnc4n3CCCCC4)c12. The Hall–Kier alpha value is -3.49. The van der Waals surface area contributed by atoms with Crippen molar-refractivity contribution in [2.75, 3.05) is 0 Å². The number of rotatable bonds is 4. The Morgan fingerprint density at radius 1 is 1.28 bits per heavy atom. The summed E-state index contributed by atoms with van der Waals surface area (Å²) in [5, 5.41) is 16.1.